The van der Waals surface area contributed by atoms with Crippen molar-refractivity contribution in [2.24, 2.45) is 0 Å². The third-order valence-electron chi connectivity index (χ3n) is 4.30. The number of nitrogens with one attached hydrogen (secondary N) is 2. The molecule has 1 saturated heterocycles. The number of hydrogen-bond donors (Lipinski definition) is 3. The minimum absolute atomic E-state index is 0. The summed E-state index contributed by atoms with van der Waals surface area (Å²) in [6, 6.07) is 8.96. The van der Waals surface area contributed by atoms with Crippen LogP contribution < -0.4 is 10.8 Å². The van der Waals surface area contributed by atoms with Gasteiger partial charge in [0.15, 0.2) is 0 Å². The highest BCUT2D eigenvalue weighted by Gasteiger charge is 2.22. The van der Waals surface area contributed by atoms with Crippen LogP contribution in [0, 0.1) is 6.92 Å². The summed E-state index contributed by atoms with van der Waals surface area (Å²) in [5.74, 6) is 0.116. The number of amides is 1. The third kappa shape index (κ3) is 7.09. The maximum absolute atomic E-state index is 10.9. The van der Waals surface area contributed by atoms with Gasteiger partial charge in [-0.1, -0.05) is 29.8 Å². The first-order valence-corrected chi connectivity index (χ1v) is 8.61. The second-order valence-corrected chi connectivity index (χ2v) is 6.49. The Morgan fingerprint density at radius 2 is 2.14 bits per heavy atom. The summed E-state index contributed by atoms with van der Waals surface area (Å²) in [7, 11) is 0. The Morgan fingerprint density at radius 1 is 1.32 bits per heavy atom. The Hall–Kier alpha value is -2.19. The number of aryl methyl sites for hydroxylation is 1. The summed E-state index contributed by atoms with van der Waals surface area (Å²) >= 11 is 0. The molecule has 0 unspecified atom stereocenters. The van der Waals surface area contributed by atoms with Gasteiger partial charge in [-0.2, -0.15) is 0 Å². The molecule has 0 bridgehead atoms. The highest BCUT2D eigenvalue weighted by Crippen LogP contribution is 2.17. The third-order valence-corrected chi connectivity index (χ3v) is 4.30. The normalized spacial score (nSPS) is 16.3. The molecular formula is C19H25Cl2N5O2. The number of aromatic nitrogens is 2. The SMILES string of the molecule is Cc1cccc(CN2CC[C@@H](Nc3cnc(C=CC(=O)NO)cn3)C2)c1.Cl.Cl. The van der Waals surface area contributed by atoms with Crippen LogP contribution in [0.5, 0.6) is 0 Å². The van der Waals surface area contributed by atoms with Gasteiger partial charge in [-0.25, -0.2) is 10.5 Å². The van der Waals surface area contributed by atoms with Crippen molar-refractivity contribution in [1.29, 1.82) is 0 Å². The van der Waals surface area contributed by atoms with Crippen LogP contribution in [0.2, 0.25) is 0 Å². The molecule has 9 heteroatoms. The van der Waals surface area contributed by atoms with Gasteiger partial charge in [0.25, 0.3) is 5.91 Å². The lowest BCUT2D eigenvalue weighted by molar-refractivity contribution is -0.124. The van der Waals surface area contributed by atoms with E-state index in [-0.39, 0.29) is 24.8 Å². The molecule has 1 atom stereocenters. The molecule has 1 amide bonds. The molecular weight excluding hydrogens is 401 g/mol. The van der Waals surface area contributed by atoms with Crippen molar-refractivity contribution in [3.05, 3.63) is 59.6 Å². The molecule has 1 fully saturated rings. The van der Waals surface area contributed by atoms with Gasteiger partial charge in [0.05, 0.1) is 18.1 Å². The van der Waals surface area contributed by atoms with E-state index < -0.39 is 5.91 Å². The van der Waals surface area contributed by atoms with E-state index in [1.165, 1.54) is 28.8 Å². The molecule has 3 N–H and O–H groups in total. The van der Waals surface area contributed by atoms with Gasteiger partial charge < -0.3 is 5.32 Å². The lowest BCUT2D eigenvalue weighted by Gasteiger charge is -2.17. The van der Waals surface area contributed by atoms with E-state index in [1.807, 2.05) is 0 Å². The van der Waals surface area contributed by atoms with Crippen molar-refractivity contribution >= 4 is 42.6 Å². The van der Waals surface area contributed by atoms with E-state index in [9.17, 15) is 4.79 Å². The largest absolute Gasteiger partial charge is 0.365 e. The minimum atomic E-state index is -0.603. The van der Waals surface area contributed by atoms with E-state index in [4.69, 9.17) is 5.21 Å². The highest BCUT2D eigenvalue weighted by atomic mass is 35.5. The first-order chi connectivity index (χ1) is 12.6. The van der Waals surface area contributed by atoms with E-state index in [0.29, 0.717) is 11.7 Å². The fourth-order valence-corrected chi connectivity index (χ4v) is 3.07. The van der Waals surface area contributed by atoms with Crippen LogP contribution in [0.3, 0.4) is 0 Å². The van der Waals surface area contributed by atoms with Gasteiger partial charge in [0.2, 0.25) is 0 Å². The van der Waals surface area contributed by atoms with Crippen LogP contribution in [-0.2, 0) is 11.3 Å². The molecule has 28 heavy (non-hydrogen) atoms. The Kier molecular flexibility index (Phi) is 9.89. The summed E-state index contributed by atoms with van der Waals surface area (Å²) in [4.78, 5) is 21.9. The van der Waals surface area contributed by atoms with E-state index >= 15 is 0 Å². The van der Waals surface area contributed by atoms with E-state index in [1.54, 1.807) is 12.4 Å². The summed E-state index contributed by atoms with van der Waals surface area (Å²) in [5.41, 5.74) is 4.71. The number of nitrogens with zero attached hydrogens (tertiary/aromatic N) is 3. The van der Waals surface area contributed by atoms with Gasteiger partial charge in [0.1, 0.15) is 5.82 Å². The summed E-state index contributed by atoms with van der Waals surface area (Å²) < 4.78 is 0. The van der Waals surface area contributed by atoms with Gasteiger partial charge in [0, 0.05) is 31.8 Å². The van der Waals surface area contributed by atoms with Crippen LogP contribution in [0.15, 0.2) is 42.7 Å². The van der Waals surface area contributed by atoms with Gasteiger partial charge in [-0.15, -0.1) is 24.8 Å². The van der Waals surface area contributed by atoms with E-state index in [2.05, 4.69) is 51.4 Å². The summed E-state index contributed by atoms with van der Waals surface area (Å²) in [6.45, 7) is 5.10. The Bertz CT molecular complexity index is 786. The lowest BCUT2D eigenvalue weighted by Crippen LogP contribution is -2.26. The van der Waals surface area contributed by atoms with Crippen LogP contribution in [-0.4, -0.2) is 45.1 Å². The number of anilines is 1. The van der Waals surface area contributed by atoms with Crippen molar-refractivity contribution in [1.82, 2.24) is 20.3 Å². The Morgan fingerprint density at radius 3 is 2.82 bits per heavy atom. The van der Waals surface area contributed by atoms with Crippen molar-refractivity contribution in [3.63, 3.8) is 0 Å². The number of hydroxylamine groups is 1. The van der Waals surface area contributed by atoms with Crippen molar-refractivity contribution in [2.45, 2.75) is 25.9 Å². The molecule has 3 rings (SSSR count). The first kappa shape index (κ1) is 23.8. The zero-order chi connectivity index (χ0) is 18.4. The second-order valence-electron chi connectivity index (χ2n) is 6.49. The maximum atomic E-state index is 10.9. The highest BCUT2D eigenvalue weighted by molar-refractivity contribution is 5.90. The van der Waals surface area contributed by atoms with Crippen molar-refractivity contribution < 1.29 is 10.0 Å². The average Bonchev–Trinajstić information content (AvgIpc) is 3.07. The number of hydrogen-bond acceptors (Lipinski definition) is 6. The predicted molar refractivity (Wildman–Crippen MR) is 114 cm³/mol. The fraction of sp³-hybridized carbons (Fsp3) is 0.316. The molecule has 2 heterocycles. The number of carbonyl (C=O) groups excluding carboxylic acids is 1. The van der Waals surface area contributed by atoms with Crippen LogP contribution in [0.25, 0.3) is 6.08 Å². The molecule has 0 radical (unpaired) electrons. The molecule has 1 aliphatic heterocycles. The van der Waals surface area contributed by atoms with Crippen LogP contribution in [0.1, 0.15) is 23.2 Å². The number of benzene rings is 1. The molecule has 0 aliphatic carbocycles. The Labute approximate surface area is 177 Å². The number of halogens is 2. The molecule has 2 aromatic rings. The number of rotatable bonds is 6. The first-order valence-electron chi connectivity index (χ1n) is 8.61. The topological polar surface area (TPSA) is 90.4 Å². The zero-order valence-electron chi connectivity index (χ0n) is 15.5. The van der Waals surface area contributed by atoms with E-state index in [0.717, 1.165) is 31.9 Å². The standard InChI is InChI=1S/C19H23N5O2.2ClH/c1-14-3-2-4-15(9-14)12-24-8-7-17(13-24)22-18-11-20-16(10-21-18)5-6-19(25)23-26;;/h2-6,9-11,17,26H,7-8,12-13H2,1H3,(H,21,22)(H,23,25);2*1H/t17-;;/m1../s1. The van der Waals surface area contributed by atoms with Gasteiger partial charge >= 0.3 is 0 Å². The number of likely N-dealkylation sites (tertiary alicyclic amines) is 1. The predicted octanol–water partition coefficient (Wildman–Crippen LogP) is 2.83. The van der Waals surface area contributed by atoms with Gasteiger partial charge in [-0.05, 0) is 25.0 Å². The molecule has 1 aliphatic rings. The lowest BCUT2D eigenvalue weighted by atomic mass is 10.1. The quantitative estimate of drug-likeness (QED) is 0.374. The molecule has 7 nitrogen and oxygen atoms in total. The molecule has 0 saturated carbocycles. The molecule has 1 aromatic heterocycles. The zero-order valence-corrected chi connectivity index (χ0v) is 17.2. The summed E-state index contributed by atoms with van der Waals surface area (Å²) in [5, 5.41) is 11.9. The Balaban J connectivity index is 0.00000196. The minimum Gasteiger partial charge on any atom is -0.365 e. The van der Waals surface area contributed by atoms with Crippen LogP contribution >= 0.6 is 24.8 Å². The van der Waals surface area contributed by atoms with Crippen LogP contribution in [0.4, 0.5) is 5.82 Å². The molecule has 152 valence electrons. The molecule has 0 spiro atoms. The average molecular weight is 426 g/mol. The number of carbonyl (C=O) groups is 1. The second kappa shape index (κ2) is 11.6. The smallest absolute Gasteiger partial charge is 0.267 e. The molecule has 1 aromatic carbocycles. The summed E-state index contributed by atoms with van der Waals surface area (Å²) in [6.07, 6.45) is 6.98. The monoisotopic (exact) mass is 425 g/mol. The maximum Gasteiger partial charge on any atom is 0.267 e. The van der Waals surface area contributed by atoms with Crippen molar-refractivity contribution in [3.8, 4) is 0 Å². The van der Waals surface area contributed by atoms with Gasteiger partial charge in [-0.3, -0.25) is 19.9 Å². The van der Waals surface area contributed by atoms with Crippen molar-refractivity contribution in [2.75, 3.05) is 18.4 Å². The fourth-order valence-electron chi connectivity index (χ4n) is 3.07.